The molecule has 1 aromatic carbocycles. The van der Waals surface area contributed by atoms with Crippen molar-refractivity contribution in [2.24, 2.45) is 0 Å². The maximum absolute atomic E-state index is 13.9. The van der Waals surface area contributed by atoms with Crippen molar-refractivity contribution in [2.75, 3.05) is 0 Å². The van der Waals surface area contributed by atoms with Crippen molar-refractivity contribution < 1.29 is 13.6 Å². The first-order valence-electron chi connectivity index (χ1n) is 9.99. The minimum absolute atomic E-state index is 0.0387. The molecule has 8 heteroatoms. The number of nitrogens with zero attached hydrogens (tertiary/aromatic N) is 3. The van der Waals surface area contributed by atoms with Crippen LogP contribution in [0.3, 0.4) is 0 Å². The first-order valence-corrected chi connectivity index (χ1v) is 9.99. The highest BCUT2D eigenvalue weighted by Gasteiger charge is 2.24. The van der Waals surface area contributed by atoms with Crippen LogP contribution in [0.25, 0.3) is 16.6 Å². The lowest BCUT2D eigenvalue weighted by Gasteiger charge is -2.18. The highest BCUT2D eigenvalue weighted by molar-refractivity contribution is 5.83. The van der Waals surface area contributed by atoms with E-state index in [0.29, 0.717) is 35.3 Å². The SMILES string of the molecule is CCc1nn([C@@H](CC)C(=O)NCc2ccccc2F)c(=O)c2cc3oc(C)cc3n12. The monoisotopic (exact) mass is 410 g/mol. The molecule has 3 heterocycles. The third-order valence-electron chi connectivity index (χ3n) is 5.23. The van der Waals surface area contributed by atoms with E-state index in [1.807, 2.05) is 26.8 Å². The van der Waals surface area contributed by atoms with Gasteiger partial charge in [-0.1, -0.05) is 32.0 Å². The van der Waals surface area contributed by atoms with Gasteiger partial charge < -0.3 is 9.73 Å². The Morgan fingerprint density at radius 3 is 2.70 bits per heavy atom. The van der Waals surface area contributed by atoms with Gasteiger partial charge in [0.15, 0.2) is 5.58 Å². The average molecular weight is 410 g/mol. The lowest BCUT2D eigenvalue weighted by molar-refractivity contribution is -0.125. The number of hydrogen-bond acceptors (Lipinski definition) is 4. The number of nitrogens with one attached hydrogen (secondary N) is 1. The molecule has 0 aliphatic rings. The molecule has 1 atom stereocenters. The fourth-order valence-electron chi connectivity index (χ4n) is 3.73. The third-order valence-corrected chi connectivity index (χ3v) is 5.23. The summed E-state index contributed by atoms with van der Waals surface area (Å²) < 4.78 is 22.5. The van der Waals surface area contributed by atoms with E-state index in [1.165, 1.54) is 10.7 Å². The normalized spacial score (nSPS) is 12.5. The molecule has 0 spiro atoms. The van der Waals surface area contributed by atoms with Crippen LogP contribution in [0.4, 0.5) is 4.39 Å². The Balaban J connectivity index is 1.72. The van der Waals surface area contributed by atoms with Crippen LogP contribution in [0.1, 0.15) is 43.5 Å². The lowest BCUT2D eigenvalue weighted by atomic mass is 10.2. The van der Waals surface area contributed by atoms with Gasteiger partial charge in [0.05, 0.1) is 5.52 Å². The molecule has 30 heavy (non-hydrogen) atoms. The summed E-state index contributed by atoms with van der Waals surface area (Å²) in [6, 6.07) is 9.01. The number of aromatic nitrogens is 3. The van der Waals surface area contributed by atoms with Crippen LogP contribution in [-0.4, -0.2) is 20.1 Å². The smallest absolute Gasteiger partial charge is 0.291 e. The number of amides is 1. The summed E-state index contributed by atoms with van der Waals surface area (Å²) in [7, 11) is 0. The van der Waals surface area contributed by atoms with Crippen LogP contribution < -0.4 is 10.9 Å². The van der Waals surface area contributed by atoms with Gasteiger partial charge in [0.1, 0.15) is 29.0 Å². The lowest BCUT2D eigenvalue weighted by Crippen LogP contribution is -2.39. The molecule has 1 amide bonds. The fourth-order valence-corrected chi connectivity index (χ4v) is 3.73. The zero-order valence-corrected chi connectivity index (χ0v) is 17.1. The van der Waals surface area contributed by atoms with Gasteiger partial charge in [-0.2, -0.15) is 5.10 Å². The van der Waals surface area contributed by atoms with Crippen molar-refractivity contribution in [3.05, 3.63) is 69.7 Å². The molecule has 4 aromatic rings. The van der Waals surface area contributed by atoms with E-state index in [9.17, 15) is 14.0 Å². The van der Waals surface area contributed by atoms with Crippen LogP contribution >= 0.6 is 0 Å². The standard InChI is InChI=1S/C22H23FN4O3/c1-4-16(21(28)24-12-14-8-6-7-9-15(14)23)27-22(29)18-11-19-17(10-13(3)30-19)26(18)20(5-2)25-27/h6-11,16H,4-5,12H2,1-3H3,(H,24,28)/t16-/m0/s1. The number of hydrogen-bond donors (Lipinski definition) is 1. The summed E-state index contributed by atoms with van der Waals surface area (Å²) in [5.41, 5.74) is 1.82. The second-order valence-electron chi connectivity index (χ2n) is 7.22. The van der Waals surface area contributed by atoms with Gasteiger partial charge in [0, 0.05) is 30.7 Å². The van der Waals surface area contributed by atoms with Gasteiger partial charge in [-0.25, -0.2) is 9.07 Å². The van der Waals surface area contributed by atoms with Crippen molar-refractivity contribution >= 4 is 22.5 Å². The molecular weight excluding hydrogens is 387 g/mol. The van der Waals surface area contributed by atoms with E-state index < -0.39 is 6.04 Å². The predicted molar refractivity (Wildman–Crippen MR) is 111 cm³/mol. The predicted octanol–water partition coefficient (Wildman–Crippen LogP) is 3.52. The van der Waals surface area contributed by atoms with Gasteiger partial charge in [-0.15, -0.1) is 0 Å². The van der Waals surface area contributed by atoms with Gasteiger partial charge in [-0.3, -0.25) is 14.0 Å². The molecule has 0 radical (unpaired) electrons. The second kappa shape index (κ2) is 7.78. The zero-order valence-electron chi connectivity index (χ0n) is 17.1. The summed E-state index contributed by atoms with van der Waals surface area (Å²) >= 11 is 0. The van der Waals surface area contributed by atoms with Crippen LogP contribution in [0.2, 0.25) is 0 Å². The van der Waals surface area contributed by atoms with Gasteiger partial charge in [0.2, 0.25) is 5.91 Å². The Morgan fingerprint density at radius 2 is 2.00 bits per heavy atom. The number of rotatable bonds is 6. The van der Waals surface area contributed by atoms with Gasteiger partial charge in [-0.05, 0) is 19.4 Å². The number of furan rings is 1. The maximum atomic E-state index is 13.9. The van der Waals surface area contributed by atoms with Crippen LogP contribution in [0.5, 0.6) is 0 Å². The molecular formula is C22H23FN4O3. The molecule has 156 valence electrons. The average Bonchev–Trinajstić information content (AvgIpc) is 3.26. The van der Waals surface area contributed by atoms with E-state index in [2.05, 4.69) is 10.4 Å². The molecule has 0 aliphatic heterocycles. The van der Waals surface area contributed by atoms with E-state index in [0.717, 1.165) is 11.3 Å². The third kappa shape index (κ3) is 3.28. The van der Waals surface area contributed by atoms with Crippen molar-refractivity contribution in [1.29, 1.82) is 0 Å². The molecule has 0 saturated heterocycles. The van der Waals surface area contributed by atoms with Crippen molar-refractivity contribution in [2.45, 2.75) is 46.2 Å². The largest absolute Gasteiger partial charge is 0.460 e. The second-order valence-corrected chi connectivity index (χ2v) is 7.22. The minimum atomic E-state index is -0.803. The quantitative estimate of drug-likeness (QED) is 0.527. The number of benzene rings is 1. The number of carbonyl (C=O) groups is 1. The Kier molecular flexibility index (Phi) is 5.15. The first kappa shape index (κ1) is 19.9. The molecule has 3 aromatic heterocycles. The van der Waals surface area contributed by atoms with Crippen LogP contribution in [0, 0.1) is 12.7 Å². The summed E-state index contributed by atoms with van der Waals surface area (Å²) in [5, 5.41) is 7.23. The molecule has 0 bridgehead atoms. The maximum Gasteiger partial charge on any atom is 0.291 e. The summed E-state index contributed by atoms with van der Waals surface area (Å²) in [6.45, 7) is 5.63. The Bertz CT molecular complexity index is 1300. The first-order chi connectivity index (χ1) is 14.4. The molecule has 0 unspecified atom stereocenters. The summed E-state index contributed by atoms with van der Waals surface area (Å²) in [6.07, 6.45) is 0.934. The zero-order chi connectivity index (χ0) is 21.4. The number of aryl methyl sites for hydroxylation is 2. The van der Waals surface area contributed by atoms with Crippen molar-refractivity contribution in [3.8, 4) is 0 Å². The van der Waals surface area contributed by atoms with E-state index in [4.69, 9.17) is 4.42 Å². The summed E-state index contributed by atoms with van der Waals surface area (Å²) in [5.74, 6) is 0.634. The Labute approximate surface area is 172 Å². The molecule has 1 N–H and O–H groups in total. The van der Waals surface area contributed by atoms with Gasteiger partial charge in [0.25, 0.3) is 5.56 Å². The Hall–Kier alpha value is -3.42. The fraction of sp³-hybridized carbons (Fsp3) is 0.318. The molecule has 4 rings (SSSR count). The Morgan fingerprint density at radius 1 is 1.23 bits per heavy atom. The van der Waals surface area contributed by atoms with Gasteiger partial charge >= 0.3 is 0 Å². The highest BCUT2D eigenvalue weighted by Crippen LogP contribution is 2.24. The number of halogens is 1. The van der Waals surface area contributed by atoms with Crippen molar-refractivity contribution in [3.63, 3.8) is 0 Å². The van der Waals surface area contributed by atoms with Crippen molar-refractivity contribution in [1.82, 2.24) is 19.5 Å². The van der Waals surface area contributed by atoms with Crippen LogP contribution in [0.15, 0.2) is 45.6 Å². The summed E-state index contributed by atoms with van der Waals surface area (Å²) in [4.78, 5) is 26.0. The molecule has 0 fully saturated rings. The van der Waals surface area contributed by atoms with E-state index >= 15 is 0 Å². The topological polar surface area (TPSA) is 81.5 Å². The van der Waals surface area contributed by atoms with E-state index in [-0.39, 0.29) is 23.8 Å². The molecule has 0 saturated carbocycles. The number of fused-ring (bicyclic) bond motifs is 3. The highest BCUT2D eigenvalue weighted by atomic mass is 19.1. The van der Waals surface area contributed by atoms with E-state index in [1.54, 1.807) is 28.7 Å². The van der Waals surface area contributed by atoms with Crippen LogP contribution in [-0.2, 0) is 17.8 Å². The molecule has 0 aliphatic carbocycles. The number of carbonyl (C=O) groups excluding carboxylic acids is 1. The molecule has 7 nitrogen and oxygen atoms in total. The minimum Gasteiger partial charge on any atom is -0.460 e.